The van der Waals surface area contributed by atoms with E-state index in [2.05, 4.69) is 5.32 Å². The zero-order valence-electron chi connectivity index (χ0n) is 17.5. The van der Waals surface area contributed by atoms with E-state index in [1.165, 1.54) is 22.5 Å². The Bertz CT molecular complexity index is 1090. The van der Waals surface area contributed by atoms with E-state index in [9.17, 15) is 18.0 Å². The highest BCUT2D eigenvalue weighted by Crippen LogP contribution is 2.22. The minimum atomic E-state index is -3.73. The number of para-hydroxylation sites is 1. The Morgan fingerprint density at radius 2 is 1.50 bits per heavy atom. The lowest BCUT2D eigenvalue weighted by Crippen LogP contribution is -2.41. The molecule has 10 heteroatoms. The molecule has 0 atom stereocenters. The van der Waals surface area contributed by atoms with E-state index in [0.717, 1.165) is 0 Å². The minimum absolute atomic E-state index is 0.0460. The Balaban J connectivity index is 1.54. The fourth-order valence-corrected chi connectivity index (χ4v) is 5.10. The molecule has 170 valence electrons. The summed E-state index contributed by atoms with van der Waals surface area (Å²) in [4.78, 5) is 27.6. The summed E-state index contributed by atoms with van der Waals surface area (Å²) < 4.78 is 37.7. The topological polar surface area (TPSA) is 105 Å². The maximum Gasteiger partial charge on any atom is 0.256 e. The van der Waals surface area contributed by atoms with Gasteiger partial charge in [-0.3, -0.25) is 9.59 Å². The van der Waals surface area contributed by atoms with Crippen LogP contribution < -0.4 is 5.32 Å². The molecular formula is C22H25N3O6S. The van der Waals surface area contributed by atoms with Crippen molar-refractivity contribution in [1.29, 1.82) is 0 Å². The third-order valence-corrected chi connectivity index (χ3v) is 7.30. The smallest absolute Gasteiger partial charge is 0.256 e. The number of carbonyl (C=O) groups excluding carboxylic acids is 2. The normalized spacial score (nSPS) is 17.7. The number of nitrogens with one attached hydrogen (secondary N) is 1. The van der Waals surface area contributed by atoms with Gasteiger partial charge in [0.2, 0.25) is 10.0 Å². The van der Waals surface area contributed by atoms with Crippen LogP contribution in [0, 0.1) is 0 Å². The Labute approximate surface area is 187 Å². The van der Waals surface area contributed by atoms with Crippen molar-refractivity contribution in [3.63, 3.8) is 0 Å². The second-order valence-electron chi connectivity index (χ2n) is 7.45. The molecule has 0 bridgehead atoms. The van der Waals surface area contributed by atoms with Gasteiger partial charge in [-0.15, -0.1) is 0 Å². The van der Waals surface area contributed by atoms with Crippen molar-refractivity contribution in [3.05, 3.63) is 59.7 Å². The molecule has 32 heavy (non-hydrogen) atoms. The van der Waals surface area contributed by atoms with Gasteiger partial charge in [-0.25, -0.2) is 8.42 Å². The number of anilines is 1. The van der Waals surface area contributed by atoms with Gasteiger partial charge in [0, 0.05) is 31.7 Å². The highest BCUT2D eigenvalue weighted by molar-refractivity contribution is 7.89. The number of hydrogen-bond acceptors (Lipinski definition) is 6. The molecule has 0 aromatic heterocycles. The first-order valence-electron chi connectivity index (χ1n) is 10.4. The van der Waals surface area contributed by atoms with Crippen LogP contribution >= 0.6 is 0 Å². The predicted octanol–water partition coefficient (Wildman–Crippen LogP) is 1.43. The Morgan fingerprint density at radius 3 is 2.22 bits per heavy atom. The van der Waals surface area contributed by atoms with E-state index in [1.807, 2.05) is 0 Å². The van der Waals surface area contributed by atoms with Crippen LogP contribution in [0.2, 0.25) is 0 Å². The lowest BCUT2D eigenvalue weighted by Gasteiger charge is -2.27. The minimum Gasteiger partial charge on any atom is -0.379 e. The Kier molecular flexibility index (Phi) is 6.85. The molecule has 9 nitrogen and oxygen atoms in total. The number of amides is 2. The fraction of sp³-hybridized carbons (Fsp3) is 0.364. The zero-order chi connectivity index (χ0) is 22.6. The molecule has 2 aliphatic rings. The SMILES string of the molecule is O=C(Nc1ccccc1C(=O)N1CCOCC1)c1cccc(S(=O)(=O)N2CCOCC2)c1. The second-order valence-corrected chi connectivity index (χ2v) is 9.39. The van der Waals surface area contributed by atoms with Crippen LogP contribution in [0.4, 0.5) is 5.69 Å². The molecule has 0 unspecified atom stereocenters. The summed E-state index contributed by atoms with van der Waals surface area (Å²) in [6.45, 7) is 3.16. The number of benzene rings is 2. The molecule has 2 saturated heterocycles. The van der Waals surface area contributed by atoms with Gasteiger partial charge in [-0.2, -0.15) is 4.31 Å². The maximum atomic E-state index is 12.9. The molecule has 2 heterocycles. The molecule has 0 aliphatic carbocycles. The molecule has 2 fully saturated rings. The zero-order valence-corrected chi connectivity index (χ0v) is 18.3. The summed E-state index contributed by atoms with van der Waals surface area (Å²) in [5.74, 6) is -0.681. The maximum absolute atomic E-state index is 12.9. The van der Waals surface area contributed by atoms with Crippen molar-refractivity contribution >= 4 is 27.5 Å². The average Bonchev–Trinajstić information content (AvgIpc) is 2.85. The third-order valence-electron chi connectivity index (χ3n) is 5.41. The van der Waals surface area contributed by atoms with Crippen LogP contribution in [0.1, 0.15) is 20.7 Å². The number of carbonyl (C=O) groups is 2. The Morgan fingerprint density at radius 1 is 0.844 bits per heavy atom. The first-order valence-corrected chi connectivity index (χ1v) is 11.9. The van der Waals surface area contributed by atoms with Crippen LogP contribution in [0.3, 0.4) is 0 Å². The van der Waals surface area contributed by atoms with E-state index in [1.54, 1.807) is 35.2 Å². The quantitative estimate of drug-likeness (QED) is 0.725. The standard InChI is InChI=1S/C22H25N3O6S/c26-21(17-4-3-5-18(16-17)32(28,29)25-10-14-31-15-11-25)23-20-7-2-1-6-19(20)22(27)24-8-12-30-13-9-24/h1-7,16H,8-15H2,(H,23,26). The van der Waals surface area contributed by atoms with Gasteiger partial charge in [-0.1, -0.05) is 18.2 Å². The molecule has 0 radical (unpaired) electrons. The fourth-order valence-electron chi connectivity index (χ4n) is 3.64. The number of morpholine rings is 2. The molecule has 2 amide bonds. The van der Waals surface area contributed by atoms with Crippen molar-refractivity contribution in [2.24, 2.45) is 0 Å². The predicted molar refractivity (Wildman–Crippen MR) is 117 cm³/mol. The summed E-state index contributed by atoms with van der Waals surface area (Å²) in [7, 11) is -3.73. The number of rotatable bonds is 5. The summed E-state index contributed by atoms with van der Waals surface area (Å²) in [5, 5.41) is 2.76. The summed E-state index contributed by atoms with van der Waals surface area (Å²) in [6.07, 6.45) is 0. The van der Waals surface area contributed by atoms with Crippen molar-refractivity contribution < 1.29 is 27.5 Å². The van der Waals surface area contributed by atoms with Gasteiger partial charge in [0.05, 0.1) is 42.6 Å². The van der Waals surface area contributed by atoms with Gasteiger partial charge in [-0.05, 0) is 30.3 Å². The lowest BCUT2D eigenvalue weighted by molar-refractivity contribution is 0.0303. The van der Waals surface area contributed by atoms with Crippen LogP contribution in [0.15, 0.2) is 53.4 Å². The number of ether oxygens (including phenoxy) is 2. The van der Waals surface area contributed by atoms with Crippen LogP contribution in [-0.4, -0.2) is 82.0 Å². The molecule has 4 rings (SSSR count). The van der Waals surface area contributed by atoms with E-state index in [4.69, 9.17) is 9.47 Å². The number of nitrogens with zero attached hydrogens (tertiary/aromatic N) is 2. The monoisotopic (exact) mass is 459 g/mol. The summed E-state index contributed by atoms with van der Waals surface area (Å²) >= 11 is 0. The lowest BCUT2D eigenvalue weighted by atomic mass is 10.1. The molecule has 2 aliphatic heterocycles. The van der Waals surface area contributed by atoms with Gasteiger partial charge in [0.15, 0.2) is 0 Å². The van der Waals surface area contributed by atoms with Gasteiger partial charge in [0.25, 0.3) is 11.8 Å². The first kappa shape index (κ1) is 22.4. The van der Waals surface area contributed by atoms with Gasteiger partial charge < -0.3 is 19.7 Å². The van der Waals surface area contributed by atoms with E-state index in [0.29, 0.717) is 50.8 Å². The van der Waals surface area contributed by atoms with Gasteiger partial charge in [0.1, 0.15) is 0 Å². The molecule has 0 spiro atoms. The third kappa shape index (κ3) is 4.83. The van der Waals surface area contributed by atoms with E-state index >= 15 is 0 Å². The van der Waals surface area contributed by atoms with Crippen molar-refractivity contribution in [3.8, 4) is 0 Å². The van der Waals surface area contributed by atoms with Crippen LogP contribution in [0.5, 0.6) is 0 Å². The molecular weight excluding hydrogens is 434 g/mol. The van der Waals surface area contributed by atoms with Crippen molar-refractivity contribution in [1.82, 2.24) is 9.21 Å². The summed E-state index contributed by atoms with van der Waals surface area (Å²) in [6, 6.07) is 12.7. The summed E-state index contributed by atoms with van der Waals surface area (Å²) in [5.41, 5.74) is 0.934. The Hall–Kier alpha value is -2.79. The molecule has 2 aromatic rings. The molecule has 1 N–H and O–H groups in total. The van der Waals surface area contributed by atoms with Crippen molar-refractivity contribution in [2.75, 3.05) is 57.9 Å². The van der Waals surface area contributed by atoms with Crippen LogP contribution in [0.25, 0.3) is 0 Å². The average molecular weight is 460 g/mol. The highest BCUT2D eigenvalue weighted by Gasteiger charge is 2.27. The highest BCUT2D eigenvalue weighted by atomic mass is 32.2. The largest absolute Gasteiger partial charge is 0.379 e. The number of hydrogen-bond donors (Lipinski definition) is 1. The van der Waals surface area contributed by atoms with E-state index in [-0.39, 0.29) is 29.5 Å². The molecule has 2 aromatic carbocycles. The van der Waals surface area contributed by atoms with Gasteiger partial charge >= 0.3 is 0 Å². The molecule has 0 saturated carbocycles. The van der Waals surface area contributed by atoms with Crippen LogP contribution in [-0.2, 0) is 19.5 Å². The number of sulfonamides is 1. The first-order chi connectivity index (χ1) is 15.5. The van der Waals surface area contributed by atoms with E-state index < -0.39 is 15.9 Å². The van der Waals surface area contributed by atoms with Crippen molar-refractivity contribution in [2.45, 2.75) is 4.90 Å². The second kappa shape index (κ2) is 9.78.